The Morgan fingerprint density at radius 1 is 1.46 bits per heavy atom. The quantitative estimate of drug-likeness (QED) is 0.858. The molecule has 0 bridgehead atoms. The van der Waals surface area contributed by atoms with Crippen LogP contribution in [-0.4, -0.2) is 11.7 Å². The van der Waals surface area contributed by atoms with Crippen LogP contribution in [0.5, 0.6) is 0 Å². The first-order valence-electron chi connectivity index (χ1n) is 3.97. The number of aliphatic hydroxyl groups is 1. The third-order valence-corrected chi connectivity index (χ3v) is 2.17. The van der Waals surface area contributed by atoms with Crippen LogP contribution >= 0.6 is 15.9 Å². The lowest BCUT2D eigenvalue weighted by Crippen LogP contribution is -2.06. The van der Waals surface area contributed by atoms with E-state index < -0.39 is 6.10 Å². The van der Waals surface area contributed by atoms with Gasteiger partial charge in [0.2, 0.25) is 0 Å². The Bertz CT molecular complexity index is 273. The van der Waals surface area contributed by atoms with E-state index in [-0.39, 0.29) is 5.82 Å². The van der Waals surface area contributed by atoms with E-state index in [9.17, 15) is 9.50 Å². The first-order valence-corrected chi connectivity index (χ1v) is 4.77. The van der Waals surface area contributed by atoms with E-state index in [1.165, 1.54) is 12.1 Å². The third-order valence-electron chi connectivity index (χ3n) is 1.71. The zero-order valence-corrected chi connectivity index (χ0v) is 8.59. The van der Waals surface area contributed by atoms with Gasteiger partial charge in [-0.1, -0.05) is 15.9 Å². The topological polar surface area (TPSA) is 46.2 Å². The lowest BCUT2D eigenvalue weighted by atomic mass is 10.1. The minimum atomic E-state index is -0.683. The number of aliphatic hydroxyl groups excluding tert-OH is 1. The maximum absolute atomic E-state index is 12.9. The van der Waals surface area contributed by atoms with Crippen LogP contribution in [0, 0.1) is 5.82 Å². The van der Waals surface area contributed by atoms with Crippen molar-refractivity contribution in [3.63, 3.8) is 0 Å². The Morgan fingerprint density at radius 3 is 2.69 bits per heavy atom. The number of rotatable bonds is 3. The predicted octanol–water partition coefficient (Wildman–Crippen LogP) is 1.97. The normalized spacial score (nSPS) is 12.9. The highest BCUT2D eigenvalue weighted by Gasteiger charge is 2.08. The van der Waals surface area contributed by atoms with Crippen molar-refractivity contribution >= 4 is 15.9 Å². The SMILES string of the molecule is NCCC(O)c1cc(F)cc(Br)c1. The van der Waals surface area contributed by atoms with Crippen molar-refractivity contribution in [1.82, 2.24) is 0 Å². The van der Waals surface area contributed by atoms with Crippen molar-refractivity contribution in [3.05, 3.63) is 34.1 Å². The van der Waals surface area contributed by atoms with Crippen molar-refractivity contribution in [2.45, 2.75) is 12.5 Å². The van der Waals surface area contributed by atoms with E-state index in [0.29, 0.717) is 23.0 Å². The fraction of sp³-hybridized carbons (Fsp3) is 0.333. The molecule has 0 radical (unpaired) electrons. The van der Waals surface area contributed by atoms with Crippen LogP contribution in [0.3, 0.4) is 0 Å². The highest BCUT2D eigenvalue weighted by atomic mass is 79.9. The maximum Gasteiger partial charge on any atom is 0.124 e. The summed E-state index contributed by atoms with van der Waals surface area (Å²) in [6.45, 7) is 0.384. The highest BCUT2D eigenvalue weighted by Crippen LogP contribution is 2.21. The number of hydrogen-bond donors (Lipinski definition) is 2. The zero-order valence-electron chi connectivity index (χ0n) is 7.00. The van der Waals surface area contributed by atoms with E-state index in [0.717, 1.165) is 0 Å². The van der Waals surface area contributed by atoms with E-state index >= 15 is 0 Å². The van der Waals surface area contributed by atoms with Gasteiger partial charge in [-0.2, -0.15) is 0 Å². The molecule has 13 heavy (non-hydrogen) atoms. The summed E-state index contributed by atoms with van der Waals surface area (Å²) in [7, 11) is 0. The van der Waals surface area contributed by atoms with Crippen molar-refractivity contribution in [1.29, 1.82) is 0 Å². The predicted molar refractivity (Wildman–Crippen MR) is 52.7 cm³/mol. The molecule has 0 saturated carbocycles. The average molecular weight is 248 g/mol. The van der Waals surface area contributed by atoms with Crippen molar-refractivity contribution < 1.29 is 9.50 Å². The van der Waals surface area contributed by atoms with E-state index in [4.69, 9.17) is 5.73 Å². The van der Waals surface area contributed by atoms with Crippen LogP contribution in [0.15, 0.2) is 22.7 Å². The van der Waals surface area contributed by atoms with E-state index in [2.05, 4.69) is 15.9 Å². The van der Waals surface area contributed by atoms with Gasteiger partial charge in [0.05, 0.1) is 6.10 Å². The van der Waals surface area contributed by atoms with Crippen LogP contribution < -0.4 is 5.73 Å². The van der Waals surface area contributed by atoms with E-state index in [1.807, 2.05) is 0 Å². The monoisotopic (exact) mass is 247 g/mol. The van der Waals surface area contributed by atoms with Gasteiger partial charge in [-0.15, -0.1) is 0 Å². The summed E-state index contributed by atoms with van der Waals surface area (Å²) in [5, 5.41) is 9.50. The van der Waals surface area contributed by atoms with Gasteiger partial charge in [0.25, 0.3) is 0 Å². The van der Waals surface area contributed by atoms with Gasteiger partial charge < -0.3 is 10.8 Å². The van der Waals surface area contributed by atoms with Gasteiger partial charge in [-0.3, -0.25) is 0 Å². The first-order chi connectivity index (χ1) is 6.13. The Kier molecular flexibility index (Phi) is 3.84. The highest BCUT2D eigenvalue weighted by molar-refractivity contribution is 9.10. The maximum atomic E-state index is 12.9. The summed E-state index contributed by atoms with van der Waals surface area (Å²) in [5.74, 6) is -0.361. The molecule has 0 saturated heterocycles. The second kappa shape index (κ2) is 4.69. The van der Waals surface area contributed by atoms with Crippen molar-refractivity contribution in [2.24, 2.45) is 5.73 Å². The second-order valence-corrected chi connectivity index (χ2v) is 3.71. The number of halogens is 2. The lowest BCUT2D eigenvalue weighted by molar-refractivity contribution is 0.170. The summed E-state index contributed by atoms with van der Waals surface area (Å²) in [4.78, 5) is 0. The molecule has 0 aliphatic heterocycles. The second-order valence-electron chi connectivity index (χ2n) is 2.80. The largest absolute Gasteiger partial charge is 0.388 e. The molecule has 0 fully saturated rings. The van der Waals surface area contributed by atoms with Gasteiger partial charge in [-0.05, 0) is 36.7 Å². The summed E-state index contributed by atoms with van der Waals surface area (Å²) in [6.07, 6.45) is -0.243. The Morgan fingerprint density at radius 2 is 2.15 bits per heavy atom. The van der Waals surface area contributed by atoms with Crippen LogP contribution in [0.4, 0.5) is 4.39 Å². The van der Waals surface area contributed by atoms with Crippen LogP contribution in [0.1, 0.15) is 18.1 Å². The molecule has 2 nitrogen and oxygen atoms in total. The molecule has 1 unspecified atom stereocenters. The minimum absolute atomic E-state index is 0.361. The Hall–Kier alpha value is -0.450. The Labute approximate surface area is 84.7 Å². The average Bonchev–Trinajstić information content (AvgIpc) is 2.03. The Balaban J connectivity index is 2.87. The van der Waals surface area contributed by atoms with Gasteiger partial charge in [0, 0.05) is 4.47 Å². The molecule has 1 rings (SSSR count). The summed E-state index contributed by atoms with van der Waals surface area (Å²) in [5.41, 5.74) is 5.83. The number of benzene rings is 1. The first kappa shape index (κ1) is 10.6. The van der Waals surface area contributed by atoms with Crippen molar-refractivity contribution in [3.8, 4) is 0 Å². The molecular weight excluding hydrogens is 237 g/mol. The minimum Gasteiger partial charge on any atom is -0.388 e. The van der Waals surface area contributed by atoms with Gasteiger partial charge in [0.15, 0.2) is 0 Å². The molecule has 1 aromatic rings. The standard InChI is InChI=1S/C9H11BrFNO/c10-7-3-6(4-8(11)5-7)9(13)1-2-12/h3-5,9,13H,1-2,12H2. The zero-order chi connectivity index (χ0) is 9.84. The van der Waals surface area contributed by atoms with Crippen molar-refractivity contribution in [2.75, 3.05) is 6.54 Å². The van der Waals surface area contributed by atoms with Crippen LogP contribution in [0.2, 0.25) is 0 Å². The fourth-order valence-corrected chi connectivity index (χ4v) is 1.58. The molecule has 4 heteroatoms. The van der Waals surface area contributed by atoms with Crippen LogP contribution in [-0.2, 0) is 0 Å². The van der Waals surface area contributed by atoms with Gasteiger partial charge in [0.1, 0.15) is 5.82 Å². The molecule has 0 heterocycles. The van der Waals surface area contributed by atoms with Gasteiger partial charge >= 0.3 is 0 Å². The molecule has 0 aliphatic carbocycles. The molecule has 0 aliphatic rings. The molecule has 3 N–H and O–H groups in total. The molecule has 72 valence electrons. The third kappa shape index (κ3) is 3.06. The molecule has 1 aromatic carbocycles. The fourth-order valence-electron chi connectivity index (χ4n) is 1.09. The summed E-state index contributed by atoms with van der Waals surface area (Å²) in [6, 6.07) is 4.34. The molecule has 1 atom stereocenters. The van der Waals surface area contributed by atoms with Crippen LogP contribution in [0.25, 0.3) is 0 Å². The molecular formula is C9H11BrFNO. The van der Waals surface area contributed by atoms with E-state index in [1.54, 1.807) is 6.07 Å². The summed E-state index contributed by atoms with van der Waals surface area (Å²) >= 11 is 3.15. The number of nitrogens with two attached hydrogens (primary N) is 1. The molecule has 0 aromatic heterocycles. The smallest absolute Gasteiger partial charge is 0.124 e. The summed E-state index contributed by atoms with van der Waals surface area (Å²) < 4.78 is 13.5. The lowest BCUT2D eigenvalue weighted by Gasteiger charge is -2.09. The number of hydrogen-bond acceptors (Lipinski definition) is 2. The molecule has 0 spiro atoms. The van der Waals surface area contributed by atoms with Gasteiger partial charge in [-0.25, -0.2) is 4.39 Å². The molecule has 0 amide bonds.